The van der Waals surface area contributed by atoms with Crippen LogP contribution in [0.2, 0.25) is 0 Å². The summed E-state index contributed by atoms with van der Waals surface area (Å²) in [4.78, 5) is 30.1. The van der Waals surface area contributed by atoms with Gasteiger partial charge in [-0.3, -0.25) is 9.59 Å². The van der Waals surface area contributed by atoms with Crippen LogP contribution in [0.3, 0.4) is 0 Å². The van der Waals surface area contributed by atoms with E-state index in [0.29, 0.717) is 28.7 Å². The molecular weight excluding hydrogens is 356 g/mol. The van der Waals surface area contributed by atoms with Crippen LogP contribution in [0.1, 0.15) is 12.3 Å². The fourth-order valence-electron chi connectivity index (χ4n) is 3.18. The van der Waals surface area contributed by atoms with E-state index in [2.05, 4.69) is 10.3 Å². The fraction of sp³-hybridized carbons (Fsp3) is 0.211. The van der Waals surface area contributed by atoms with Crippen molar-refractivity contribution in [2.24, 2.45) is 5.92 Å². The monoisotopic (exact) mass is 371 g/mol. The molecule has 0 aliphatic carbocycles. The number of rotatable bonds is 3. The first kappa shape index (κ1) is 17.1. The van der Waals surface area contributed by atoms with Crippen molar-refractivity contribution in [2.75, 3.05) is 16.8 Å². The number of hydrogen-bond acceptors (Lipinski definition) is 4. The summed E-state index contributed by atoms with van der Waals surface area (Å²) in [5.74, 6) is -2.43. The average molecular weight is 371 g/mol. The Morgan fingerprint density at radius 3 is 2.85 bits per heavy atom. The van der Waals surface area contributed by atoms with Gasteiger partial charge >= 0.3 is 0 Å². The zero-order chi connectivity index (χ0) is 19.1. The lowest BCUT2D eigenvalue weighted by atomic mass is 10.1. The maximum Gasteiger partial charge on any atom is 0.229 e. The lowest BCUT2D eigenvalue weighted by Crippen LogP contribution is -2.28. The van der Waals surface area contributed by atoms with Gasteiger partial charge in [0.25, 0.3) is 0 Å². The number of carbonyl (C=O) groups excluding carboxylic acids is 2. The molecular formula is C19H15F2N3O3. The number of anilines is 2. The quantitative estimate of drug-likeness (QED) is 0.766. The highest BCUT2D eigenvalue weighted by Gasteiger charge is 2.36. The van der Waals surface area contributed by atoms with Crippen molar-refractivity contribution >= 4 is 34.3 Å². The zero-order valence-corrected chi connectivity index (χ0v) is 14.3. The second-order valence-electron chi connectivity index (χ2n) is 6.41. The molecule has 1 saturated heterocycles. The lowest BCUT2D eigenvalue weighted by Gasteiger charge is -2.17. The number of carbonyl (C=O) groups is 2. The molecule has 1 atom stereocenters. The highest BCUT2D eigenvalue weighted by atomic mass is 19.1. The Hall–Kier alpha value is -3.29. The average Bonchev–Trinajstić information content (AvgIpc) is 3.16. The molecule has 138 valence electrons. The van der Waals surface area contributed by atoms with Crippen LogP contribution in [0, 0.1) is 24.5 Å². The predicted octanol–water partition coefficient (Wildman–Crippen LogP) is 3.41. The van der Waals surface area contributed by atoms with E-state index in [-0.39, 0.29) is 30.5 Å². The van der Waals surface area contributed by atoms with Crippen molar-refractivity contribution in [2.45, 2.75) is 13.3 Å². The molecule has 0 saturated carbocycles. The van der Waals surface area contributed by atoms with Crippen molar-refractivity contribution in [1.29, 1.82) is 0 Å². The van der Waals surface area contributed by atoms with E-state index in [0.717, 1.165) is 6.07 Å². The molecule has 1 unspecified atom stereocenters. The van der Waals surface area contributed by atoms with Crippen LogP contribution in [-0.4, -0.2) is 23.3 Å². The molecule has 0 radical (unpaired) electrons. The van der Waals surface area contributed by atoms with E-state index < -0.39 is 17.6 Å². The van der Waals surface area contributed by atoms with Gasteiger partial charge in [-0.1, -0.05) is 0 Å². The number of amides is 2. The van der Waals surface area contributed by atoms with Crippen molar-refractivity contribution in [3.05, 3.63) is 53.9 Å². The van der Waals surface area contributed by atoms with Crippen molar-refractivity contribution in [3.63, 3.8) is 0 Å². The van der Waals surface area contributed by atoms with Crippen LogP contribution in [0.4, 0.5) is 20.2 Å². The third-order valence-corrected chi connectivity index (χ3v) is 4.46. The molecule has 4 rings (SSSR count). The van der Waals surface area contributed by atoms with E-state index in [1.807, 2.05) is 0 Å². The van der Waals surface area contributed by atoms with Gasteiger partial charge in [-0.25, -0.2) is 13.8 Å². The highest BCUT2D eigenvalue weighted by Crippen LogP contribution is 2.29. The number of oxazole rings is 1. The van der Waals surface area contributed by atoms with Gasteiger partial charge in [-0.05, 0) is 24.3 Å². The number of hydrogen-bond donors (Lipinski definition) is 1. The maximum atomic E-state index is 14.0. The van der Waals surface area contributed by atoms with E-state index in [1.54, 1.807) is 25.1 Å². The van der Waals surface area contributed by atoms with Crippen LogP contribution in [0.15, 0.2) is 40.8 Å². The van der Waals surface area contributed by atoms with Crippen LogP contribution < -0.4 is 10.2 Å². The number of benzene rings is 2. The van der Waals surface area contributed by atoms with Crippen molar-refractivity contribution < 1.29 is 22.8 Å². The standard InChI is InChI=1S/C19H15F2N3O3/c1-10-22-15-4-3-13(8-17(15)27-10)23-19(26)11-6-18(25)24(9-11)16-5-2-12(20)7-14(16)21/h2-5,7-8,11H,6,9H2,1H3,(H,23,26). The van der Waals surface area contributed by atoms with E-state index in [9.17, 15) is 18.4 Å². The van der Waals surface area contributed by atoms with Gasteiger partial charge in [0.15, 0.2) is 11.5 Å². The fourth-order valence-corrected chi connectivity index (χ4v) is 3.18. The molecule has 1 N–H and O–H groups in total. The lowest BCUT2D eigenvalue weighted by molar-refractivity contribution is -0.122. The van der Waals surface area contributed by atoms with E-state index >= 15 is 0 Å². The summed E-state index contributed by atoms with van der Waals surface area (Å²) < 4.78 is 32.5. The molecule has 1 aromatic heterocycles. The SMILES string of the molecule is Cc1nc2ccc(NC(=O)C3CC(=O)N(c4ccc(F)cc4F)C3)cc2o1. The molecule has 3 aromatic rings. The van der Waals surface area contributed by atoms with Crippen LogP contribution in [0.25, 0.3) is 11.1 Å². The van der Waals surface area contributed by atoms with Crippen LogP contribution in [-0.2, 0) is 9.59 Å². The number of halogens is 2. The van der Waals surface area contributed by atoms with Crippen molar-refractivity contribution in [1.82, 2.24) is 4.98 Å². The third kappa shape index (κ3) is 3.25. The number of nitrogens with one attached hydrogen (secondary N) is 1. The van der Waals surface area contributed by atoms with Gasteiger partial charge in [0.05, 0.1) is 11.6 Å². The van der Waals surface area contributed by atoms with Gasteiger partial charge in [0.1, 0.15) is 17.2 Å². The first-order valence-electron chi connectivity index (χ1n) is 8.34. The molecule has 6 nitrogen and oxygen atoms in total. The summed E-state index contributed by atoms with van der Waals surface area (Å²) >= 11 is 0. The summed E-state index contributed by atoms with van der Waals surface area (Å²) in [6.45, 7) is 1.75. The number of nitrogens with zero attached hydrogens (tertiary/aromatic N) is 2. The first-order chi connectivity index (χ1) is 12.9. The largest absolute Gasteiger partial charge is 0.441 e. The molecule has 2 amide bonds. The van der Waals surface area contributed by atoms with Crippen molar-refractivity contribution in [3.8, 4) is 0 Å². The van der Waals surface area contributed by atoms with Gasteiger partial charge < -0.3 is 14.6 Å². The summed E-state index contributed by atoms with van der Waals surface area (Å²) in [6.07, 6.45) is -0.0493. The van der Waals surface area contributed by atoms with Gasteiger partial charge in [-0.15, -0.1) is 0 Å². The Balaban J connectivity index is 1.49. The Morgan fingerprint density at radius 1 is 1.26 bits per heavy atom. The topological polar surface area (TPSA) is 75.4 Å². The number of fused-ring (bicyclic) bond motifs is 1. The second kappa shape index (κ2) is 6.46. The molecule has 27 heavy (non-hydrogen) atoms. The second-order valence-corrected chi connectivity index (χ2v) is 6.41. The summed E-state index contributed by atoms with van der Waals surface area (Å²) in [6, 6.07) is 8.06. The predicted molar refractivity (Wildman–Crippen MR) is 94.2 cm³/mol. The minimum Gasteiger partial charge on any atom is -0.441 e. The zero-order valence-electron chi connectivity index (χ0n) is 14.3. The van der Waals surface area contributed by atoms with Gasteiger partial charge in [0.2, 0.25) is 11.8 Å². The van der Waals surface area contributed by atoms with Gasteiger partial charge in [0, 0.05) is 37.7 Å². The first-order valence-corrected chi connectivity index (χ1v) is 8.34. The Kier molecular flexibility index (Phi) is 4.10. The molecule has 1 aliphatic heterocycles. The van der Waals surface area contributed by atoms with Gasteiger partial charge in [-0.2, -0.15) is 0 Å². The number of aryl methyl sites for hydroxylation is 1. The molecule has 1 fully saturated rings. The Labute approximate surface area is 152 Å². The molecule has 1 aliphatic rings. The minimum atomic E-state index is -0.837. The van der Waals surface area contributed by atoms with E-state index in [1.165, 1.54) is 11.0 Å². The highest BCUT2D eigenvalue weighted by molar-refractivity contribution is 6.03. The Morgan fingerprint density at radius 2 is 2.07 bits per heavy atom. The van der Waals surface area contributed by atoms with E-state index in [4.69, 9.17) is 4.42 Å². The summed E-state index contributed by atoms with van der Waals surface area (Å²) in [5.41, 5.74) is 1.71. The molecule has 2 aromatic carbocycles. The van der Waals surface area contributed by atoms with Crippen LogP contribution >= 0.6 is 0 Å². The number of aromatic nitrogens is 1. The molecule has 8 heteroatoms. The summed E-state index contributed by atoms with van der Waals surface area (Å²) in [7, 11) is 0. The van der Waals surface area contributed by atoms with Crippen LogP contribution in [0.5, 0.6) is 0 Å². The minimum absolute atomic E-state index is 0.0247. The smallest absolute Gasteiger partial charge is 0.229 e. The molecule has 2 heterocycles. The Bertz CT molecular complexity index is 1060. The molecule has 0 spiro atoms. The third-order valence-electron chi connectivity index (χ3n) is 4.46. The molecule has 0 bridgehead atoms. The normalized spacial score (nSPS) is 16.9. The summed E-state index contributed by atoms with van der Waals surface area (Å²) in [5, 5.41) is 2.74. The maximum absolute atomic E-state index is 14.0.